The van der Waals surface area contributed by atoms with Crippen LogP contribution in [-0.4, -0.2) is 4.57 Å². The fourth-order valence-electron chi connectivity index (χ4n) is 11.4. The summed E-state index contributed by atoms with van der Waals surface area (Å²) in [5.74, 6) is 0. The van der Waals surface area contributed by atoms with Crippen LogP contribution >= 0.6 is 11.6 Å². The molecule has 0 aliphatic carbocycles. The Morgan fingerprint density at radius 3 is 1.42 bits per heavy atom. The molecule has 0 spiro atoms. The van der Waals surface area contributed by atoms with E-state index in [1.807, 2.05) is 0 Å². The second-order valence-electron chi connectivity index (χ2n) is 27.2. The highest BCUT2D eigenvalue weighted by atomic mass is 35.5. The molecular formula is C73H77ClN4. The van der Waals surface area contributed by atoms with Gasteiger partial charge in [0.05, 0.1) is 44.5 Å². The molecule has 5 heteroatoms. The van der Waals surface area contributed by atoms with E-state index >= 15 is 0 Å². The Morgan fingerprint density at radius 1 is 0.346 bits per heavy atom. The van der Waals surface area contributed by atoms with E-state index < -0.39 is 0 Å². The van der Waals surface area contributed by atoms with Gasteiger partial charge in [-0.25, -0.2) is 0 Å². The van der Waals surface area contributed by atoms with Gasteiger partial charge in [0.25, 0.3) is 0 Å². The van der Waals surface area contributed by atoms with Crippen molar-refractivity contribution in [2.24, 2.45) is 0 Å². The summed E-state index contributed by atoms with van der Waals surface area (Å²) in [6, 6.07) is 66.2. The molecule has 0 saturated carbocycles. The van der Waals surface area contributed by atoms with Gasteiger partial charge in [0, 0.05) is 39.2 Å². The number of nitrogens with zero attached hydrogens (tertiary/aromatic N) is 4. The average molecular weight is 1050 g/mol. The molecule has 11 rings (SSSR count). The maximum atomic E-state index is 8.34. The summed E-state index contributed by atoms with van der Waals surface area (Å²) in [6.45, 7) is 36.7. The van der Waals surface area contributed by atoms with Crippen LogP contribution in [0.2, 0.25) is 5.02 Å². The van der Waals surface area contributed by atoms with Crippen LogP contribution in [0.1, 0.15) is 137 Å². The molecular weight excluding hydrogens is 968 g/mol. The topological polar surface area (TPSA) is 14.7 Å². The van der Waals surface area contributed by atoms with Gasteiger partial charge in [-0.2, -0.15) is 0 Å². The molecule has 9 aromatic carbocycles. The van der Waals surface area contributed by atoms with E-state index in [4.69, 9.17) is 11.6 Å². The Kier molecular flexibility index (Phi) is 12.6. The number of aromatic nitrogens is 1. The van der Waals surface area contributed by atoms with Crippen molar-refractivity contribution in [2.75, 3.05) is 14.7 Å². The predicted octanol–water partition coefficient (Wildman–Crippen LogP) is 22.1. The molecule has 1 aromatic heterocycles. The van der Waals surface area contributed by atoms with Gasteiger partial charge in [-0.15, -0.1) is 0 Å². The Bertz CT molecular complexity index is 3890. The first-order chi connectivity index (χ1) is 36.6. The molecule has 0 atom stereocenters. The molecule has 0 N–H and O–H groups in total. The van der Waals surface area contributed by atoms with Crippen molar-refractivity contribution >= 4 is 95.4 Å². The third-order valence-electron chi connectivity index (χ3n) is 16.1. The van der Waals surface area contributed by atoms with Crippen LogP contribution in [0.25, 0.3) is 38.3 Å². The summed E-state index contributed by atoms with van der Waals surface area (Å²) >= 11 is 8.34. The molecule has 0 amide bonds. The number of fused-ring (bicyclic) bond motifs is 6. The Hall–Kier alpha value is -7.27. The summed E-state index contributed by atoms with van der Waals surface area (Å²) in [7, 11) is 0. The lowest BCUT2D eigenvalue weighted by molar-refractivity contribution is 0.589. The minimum Gasteiger partial charge on any atom is -0.310 e. The molecule has 0 saturated heterocycles. The largest absolute Gasteiger partial charge is 0.310 e. The van der Waals surface area contributed by atoms with Gasteiger partial charge >= 0.3 is 0 Å². The second kappa shape index (κ2) is 18.7. The smallest absolute Gasteiger partial charge is 0.0887 e. The van der Waals surface area contributed by atoms with E-state index in [0.717, 1.165) is 67.8 Å². The van der Waals surface area contributed by atoms with Crippen LogP contribution in [0.5, 0.6) is 0 Å². The zero-order valence-electron chi connectivity index (χ0n) is 48.9. The molecule has 10 aromatic rings. The maximum Gasteiger partial charge on any atom is 0.0887 e. The number of rotatable bonds is 7. The van der Waals surface area contributed by atoms with Crippen LogP contribution in [0, 0.1) is 6.92 Å². The van der Waals surface area contributed by atoms with E-state index in [-0.39, 0.29) is 27.1 Å². The molecule has 1 aliphatic rings. The minimum atomic E-state index is -0.139. The van der Waals surface area contributed by atoms with Gasteiger partial charge in [-0.05, 0) is 181 Å². The van der Waals surface area contributed by atoms with E-state index in [9.17, 15) is 0 Å². The maximum absolute atomic E-state index is 8.34. The first-order valence-corrected chi connectivity index (χ1v) is 28.3. The van der Waals surface area contributed by atoms with Crippen molar-refractivity contribution in [3.05, 3.63) is 214 Å². The molecule has 2 heterocycles. The molecule has 78 heavy (non-hydrogen) atoms. The Balaban J connectivity index is 1.17. The quantitative estimate of drug-likeness (QED) is 0.158. The third kappa shape index (κ3) is 9.44. The lowest BCUT2D eigenvalue weighted by Crippen LogP contribution is -2.22. The molecule has 0 radical (unpaired) electrons. The SMILES string of the molecule is Cc1cc(N(c2cccc(N(c3ccc(C(C)(C)C)cc3)c3ccc(C(C)(C)C)cc3)c2)c2ccc3ccccc3c2)c(Cl)c(N2c3ccc(C(C)(C)C)cc3-n3c4ccc(C(C)(C)C)cc4c4cc(C(C)(C)C)cc2c43)c1. The average Bonchev–Trinajstić information content (AvgIpc) is 3.75. The van der Waals surface area contributed by atoms with Crippen LogP contribution in [0.3, 0.4) is 0 Å². The van der Waals surface area contributed by atoms with Gasteiger partial charge in [0.15, 0.2) is 0 Å². The van der Waals surface area contributed by atoms with Gasteiger partial charge in [-0.3, -0.25) is 0 Å². The molecule has 396 valence electrons. The zero-order chi connectivity index (χ0) is 55.6. The van der Waals surface area contributed by atoms with E-state index in [0.29, 0.717) is 5.02 Å². The van der Waals surface area contributed by atoms with Crippen LogP contribution < -0.4 is 14.7 Å². The highest BCUT2D eigenvalue weighted by Crippen LogP contribution is 2.56. The number of hydrogen-bond donors (Lipinski definition) is 0. The Labute approximate surface area is 469 Å². The summed E-state index contributed by atoms with van der Waals surface area (Å²) in [5, 5.41) is 5.51. The molecule has 0 unspecified atom stereocenters. The second-order valence-corrected chi connectivity index (χ2v) is 27.6. The number of hydrogen-bond acceptors (Lipinski definition) is 3. The summed E-state index contributed by atoms with van der Waals surface area (Å²) in [6.07, 6.45) is 0. The summed E-state index contributed by atoms with van der Waals surface area (Å²) in [5.41, 5.74) is 20.1. The fourth-order valence-corrected chi connectivity index (χ4v) is 11.7. The summed E-state index contributed by atoms with van der Waals surface area (Å²) in [4.78, 5) is 7.23. The number of benzene rings is 9. The highest BCUT2D eigenvalue weighted by Gasteiger charge is 2.35. The van der Waals surface area contributed by atoms with E-state index in [1.54, 1.807) is 0 Å². The van der Waals surface area contributed by atoms with Crippen molar-refractivity contribution in [1.82, 2.24) is 4.57 Å². The lowest BCUT2D eigenvalue weighted by Gasteiger charge is -2.37. The molecule has 0 bridgehead atoms. The number of aryl methyl sites for hydroxylation is 1. The van der Waals surface area contributed by atoms with Gasteiger partial charge < -0.3 is 19.3 Å². The number of halogens is 1. The van der Waals surface area contributed by atoms with Crippen molar-refractivity contribution < 1.29 is 0 Å². The molecule has 1 aliphatic heterocycles. The Morgan fingerprint density at radius 2 is 0.833 bits per heavy atom. The van der Waals surface area contributed by atoms with Crippen molar-refractivity contribution in [2.45, 2.75) is 138 Å². The van der Waals surface area contributed by atoms with Crippen LogP contribution in [-0.2, 0) is 27.1 Å². The normalized spacial score (nSPS) is 13.2. The van der Waals surface area contributed by atoms with Gasteiger partial charge in [0.2, 0.25) is 0 Å². The van der Waals surface area contributed by atoms with Gasteiger partial charge in [0.1, 0.15) is 0 Å². The van der Waals surface area contributed by atoms with E-state index in [2.05, 4.69) is 306 Å². The molecule has 4 nitrogen and oxygen atoms in total. The first-order valence-electron chi connectivity index (χ1n) is 27.9. The van der Waals surface area contributed by atoms with E-state index in [1.165, 1.54) is 55.0 Å². The summed E-state index contributed by atoms with van der Waals surface area (Å²) < 4.78 is 2.54. The van der Waals surface area contributed by atoms with Crippen molar-refractivity contribution in [3.8, 4) is 5.69 Å². The monoisotopic (exact) mass is 1040 g/mol. The van der Waals surface area contributed by atoms with Crippen molar-refractivity contribution in [1.29, 1.82) is 0 Å². The standard InChI is InChI=1S/C73H77ClN4/c1-46-38-64(67(74)65(39-46)77-62-37-30-52(72(11,12)13)43-63(62)78-61-36-29-51(71(8,9)10)41-59(61)60-42-53(73(14,15)16)44-66(77)68(60)78)76(58-31-24-47-20-17-18-21-48(47)40-58)57-23-19-22-56(45-57)75(54-32-25-49(26-33-54)69(2,3)4)55-34-27-50(28-35-55)70(5,6)7/h17-45H,1-16H3. The van der Waals surface area contributed by atoms with Crippen LogP contribution in [0.4, 0.5) is 51.2 Å². The van der Waals surface area contributed by atoms with Gasteiger partial charge in [-0.1, -0.05) is 188 Å². The highest BCUT2D eigenvalue weighted by molar-refractivity contribution is 6.37. The van der Waals surface area contributed by atoms with Crippen molar-refractivity contribution in [3.63, 3.8) is 0 Å². The lowest BCUT2D eigenvalue weighted by atomic mass is 9.84. The number of anilines is 9. The molecule has 0 fully saturated rings. The minimum absolute atomic E-state index is 0.0194. The zero-order valence-corrected chi connectivity index (χ0v) is 49.7. The van der Waals surface area contributed by atoms with Crippen LogP contribution in [0.15, 0.2) is 176 Å². The predicted molar refractivity (Wildman–Crippen MR) is 339 cm³/mol. The fraction of sp³-hybridized carbons (Fsp3) is 0.288. The first kappa shape index (κ1) is 52.8. The third-order valence-corrected chi connectivity index (χ3v) is 16.5.